The van der Waals surface area contributed by atoms with Gasteiger partial charge in [0.25, 0.3) is 0 Å². The molecule has 0 unspecified atom stereocenters. The monoisotopic (exact) mass is 346 g/mol. The summed E-state index contributed by atoms with van der Waals surface area (Å²) in [5, 5.41) is 2.71. The van der Waals surface area contributed by atoms with Crippen LogP contribution in [0.5, 0.6) is 5.75 Å². The maximum Gasteiger partial charge on any atom is 0.235 e. The fourth-order valence-electron chi connectivity index (χ4n) is 1.69. The lowest BCUT2D eigenvalue weighted by molar-refractivity contribution is -0.121. The van der Waals surface area contributed by atoms with Crippen LogP contribution in [-0.4, -0.2) is 39.8 Å². The number of ether oxygens (including phenoxy) is 1. The van der Waals surface area contributed by atoms with E-state index < -0.39 is 27.8 Å². The Hall–Kier alpha value is -1.67. The van der Waals surface area contributed by atoms with E-state index in [-0.39, 0.29) is 24.3 Å². The van der Waals surface area contributed by atoms with Gasteiger partial charge in [0.15, 0.2) is 11.6 Å². The molecule has 0 spiro atoms. The maximum atomic E-state index is 13.6. The number of hydrogen-bond acceptors (Lipinski definition) is 4. The molecule has 0 radical (unpaired) electrons. The normalized spacial score (nSPS) is 13.4. The van der Waals surface area contributed by atoms with Crippen molar-refractivity contribution < 1.29 is 22.3 Å². The van der Waals surface area contributed by atoms with E-state index in [9.17, 15) is 17.6 Å². The summed E-state index contributed by atoms with van der Waals surface area (Å²) < 4.78 is 43.1. The molecule has 23 heavy (non-hydrogen) atoms. The number of halogens is 1. The van der Waals surface area contributed by atoms with Crippen LogP contribution in [0, 0.1) is 11.2 Å². The molecule has 2 N–H and O–H groups in total. The van der Waals surface area contributed by atoms with Gasteiger partial charge in [0.2, 0.25) is 15.9 Å². The van der Waals surface area contributed by atoms with Gasteiger partial charge >= 0.3 is 0 Å². The van der Waals surface area contributed by atoms with E-state index in [1.807, 2.05) is 20.8 Å². The van der Waals surface area contributed by atoms with Gasteiger partial charge in [-0.25, -0.2) is 17.5 Å². The van der Waals surface area contributed by atoms with Crippen molar-refractivity contribution in [1.82, 2.24) is 10.0 Å². The fourth-order valence-corrected chi connectivity index (χ4v) is 2.08. The summed E-state index contributed by atoms with van der Waals surface area (Å²) in [6.07, 6.45) is 0.975. The minimum absolute atomic E-state index is 0.0645. The molecule has 0 heterocycles. The van der Waals surface area contributed by atoms with Crippen LogP contribution in [-0.2, 0) is 14.8 Å². The highest BCUT2D eigenvalue weighted by molar-refractivity contribution is 7.88. The average Bonchev–Trinajstić information content (AvgIpc) is 2.40. The summed E-state index contributed by atoms with van der Waals surface area (Å²) in [4.78, 5) is 11.9. The molecule has 0 aliphatic carbocycles. The zero-order chi connectivity index (χ0) is 17.7. The Morgan fingerprint density at radius 1 is 1.30 bits per heavy atom. The first-order chi connectivity index (χ1) is 10.5. The molecule has 1 amide bonds. The van der Waals surface area contributed by atoms with Gasteiger partial charge in [0.05, 0.1) is 18.8 Å². The van der Waals surface area contributed by atoms with Gasteiger partial charge in [-0.3, -0.25) is 4.79 Å². The molecule has 6 nitrogen and oxygen atoms in total. The Labute approximate surface area is 136 Å². The summed E-state index contributed by atoms with van der Waals surface area (Å²) in [7, 11) is -3.44. The maximum absolute atomic E-state index is 13.6. The second-order valence-electron chi connectivity index (χ2n) is 6.32. The van der Waals surface area contributed by atoms with E-state index >= 15 is 0 Å². The third-order valence-electron chi connectivity index (χ3n) is 3.12. The van der Waals surface area contributed by atoms with Gasteiger partial charge in [-0.05, 0) is 17.5 Å². The second-order valence-corrected chi connectivity index (χ2v) is 8.15. The zero-order valence-electron chi connectivity index (χ0n) is 13.7. The summed E-state index contributed by atoms with van der Waals surface area (Å²) >= 11 is 0. The Morgan fingerprint density at radius 2 is 1.91 bits per heavy atom. The first-order valence-corrected chi connectivity index (χ1v) is 8.99. The van der Waals surface area contributed by atoms with Crippen LogP contribution in [0.1, 0.15) is 20.8 Å². The van der Waals surface area contributed by atoms with Gasteiger partial charge in [-0.15, -0.1) is 0 Å². The lowest BCUT2D eigenvalue weighted by Gasteiger charge is -2.31. The summed E-state index contributed by atoms with van der Waals surface area (Å²) in [6.45, 7) is 5.39. The molecule has 0 aliphatic rings. The van der Waals surface area contributed by atoms with Gasteiger partial charge in [-0.1, -0.05) is 32.9 Å². The number of carbonyl (C=O) groups excluding carboxylic acids is 1. The van der Waals surface area contributed by atoms with Gasteiger partial charge in [0, 0.05) is 0 Å². The Kier molecular flexibility index (Phi) is 6.52. The van der Waals surface area contributed by atoms with Crippen LogP contribution in [0.3, 0.4) is 0 Å². The molecule has 1 atom stereocenters. The molecule has 0 aliphatic heterocycles. The molecule has 0 bridgehead atoms. The number of para-hydroxylation sites is 1. The van der Waals surface area contributed by atoms with E-state index in [1.165, 1.54) is 12.1 Å². The van der Waals surface area contributed by atoms with Crippen molar-refractivity contribution in [3.8, 4) is 5.75 Å². The average molecular weight is 346 g/mol. The third kappa shape index (κ3) is 7.43. The first-order valence-electron chi connectivity index (χ1n) is 7.10. The highest BCUT2D eigenvalue weighted by Crippen LogP contribution is 2.22. The van der Waals surface area contributed by atoms with Gasteiger partial charge in [-0.2, -0.15) is 0 Å². The van der Waals surface area contributed by atoms with Gasteiger partial charge in [0.1, 0.15) is 6.61 Å². The smallest absolute Gasteiger partial charge is 0.235 e. The van der Waals surface area contributed by atoms with E-state index in [1.54, 1.807) is 12.1 Å². The number of rotatable bonds is 7. The first kappa shape index (κ1) is 19.4. The predicted molar refractivity (Wildman–Crippen MR) is 86.1 cm³/mol. The van der Waals surface area contributed by atoms with Crippen molar-refractivity contribution in [2.45, 2.75) is 26.8 Å². The van der Waals surface area contributed by atoms with Crippen LogP contribution in [0.25, 0.3) is 0 Å². The van der Waals surface area contributed by atoms with E-state index in [2.05, 4.69) is 10.0 Å². The highest BCUT2D eigenvalue weighted by atomic mass is 32.2. The molecule has 1 rings (SSSR count). The Bertz CT molecular complexity index is 641. The van der Waals surface area contributed by atoms with Crippen molar-refractivity contribution in [2.75, 3.05) is 19.4 Å². The van der Waals surface area contributed by atoms with Crippen LogP contribution >= 0.6 is 0 Å². The Morgan fingerprint density at radius 3 is 2.43 bits per heavy atom. The van der Waals surface area contributed by atoms with Gasteiger partial charge < -0.3 is 10.1 Å². The summed E-state index contributed by atoms with van der Waals surface area (Å²) in [5.74, 6) is -0.858. The standard InChI is InChI=1S/C15H23FN2O4S/c1-15(2,3)13(18-14(19)9-17-23(4,20)21)10-22-12-8-6-5-7-11(12)16/h5-8,13,17H,9-10H2,1-4H3,(H,18,19)/t13-/m0/s1. The molecular weight excluding hydrogens is 323 g/mol. The van der Waals surface area contributed by atoms with E-state index in [4.69, 9.17) is 4.74 Å². The van der Waals surface area contributed by atoms with Crippen molar-refractivity contribution >= 4 is 15.9 Å². The predicted octanol–water partition coefficient (Wildman–Crippen LogP) is 1.28. The Balaban J connectivity index is 2.67. The van der Waals surface area contributed by atoms with Crippen LogP contribution in [0.15, 0.2) is 24.3 Å². The molecule has 130 valence electrons. The molecule has 0 fully saturated rings. The molecule has 1 aromatic rings. The quantitative estimate of drug-likeness (QED) is 0.779. The highest BCUT2D eigenvalue weighted by Gasteiger charge is 2.27. The van der Waals surface area contributed by atoms with Crippen molar-refractivity contribution in [3.63, 3.8) is 0 Å². The van der Waals surface area contributed by atoms with Crippen LogP contribution in [0.2, 0.25) is 0 Å². The molecule has 0 saturated carbocycles. The molecule has 8 heteroatoms. The SMILES string of the molecule is CC(C)(C)[C@H](COc1ccccc1F)NC(=O)CNS(C)(=O)=O. The lowest BCUT2D eigenvalue weighted by atomic mass is 9.87. The minimum Gasteiger partial charge on any atom is -0.488 e. The number of amides is 1. The minimum atomic E-state index is -3.44. The molecule has 0 saturated heterocycles. The van der Waals surface area contributed by atoms with E-state index in [0.717, 1.165) is 6.26 Å². The number of hydrogen-bond donors (Lipinski definition) is 2. The molecular formula is C15H23FN2O4S. The molecule has 0 aromatic heterocycles. The lowest BCUT2D eigenvalue weighted by Crippen LogP contribution is -2.50. The fraction of sp³-hybridized carbons (Fsp3) is 0.533. The van der Waals surface area contributed by atoms with Crippen molar-refractivity contribution in [2.24, 2.45) is 5.41 Å². The summed E-state index contributed by atoms with van der Waals surface area (Å²) in [5.41, 5.74) is -0.355. The molecule has 1 aromatic carbocycles. The number of benzene rings is 1. The van der Waals surface area contributed by atoms with Crippen LogP contribution in [0.4, 0.5) is 4.39 Å². The third-order valence-corrected chi connectivity index (χ3v) is 3.79. The number of nitrogens with one attached hydrogen (secondary N) is 2. The van der Waals surface area contributed by atoms with Crippen LogP contribution < -0.4 is 14.8 Å². The topological polar surface area (TPSA) is 84.5 Å². The zero-order valence-corrected chi connectivity index (χ0v) is 14.5. The van der Waals surface area contributed by atoms with E-state index in [0.29, 0.717) is 0 Å². The second kappa shape index (κ2) is 7.74. The largest absolute Gasteiger partial charge is 0.488 e. The van der Waals surface area contributed by atoms with Crippen molar-refractivity contribution in [1.29, 1.82) is 0 Å². The van der Waals surface area contributed by atoms with Crippen molar-refractivity contribution in [3.05, 3.63) is 30.1 Å². The number of sulfonamides is 1. The summed E-state index contributed by atoms with van der Waals surface area (Å²) in [6, 6.07) is 5.58. The number of carbonyl (C=O) groups is 1.